The first-order chi connectivity index (χ1) is 15.2. The highest BCUT2D eigenvalue weighted by molar-refractivity contribution is 7.80. The van der Waals surface area contributed by atoms with Gasteiger partial charge in [-0.15, -0.1) is 0 Å². The molecule has 11 heteroatoms. The molecule has 2 N–H and O–H groups in total. The Bertz CT molecular complexity index is 604. The lowest BCUT2D eigenvalue weighted by Crippen LogP contribution is -2.33. The molecule has 0 heterocycles. The van der Waals surface area contributed by atoms with Gasteiger partial charge in [0.05, 0.1) is 26.3 Å². The second-order valence-electron chi connectivity index (χ2n) is 6.97. The third-order valence-electron chi connectivity index (χ3n) is 3.83. The van der Waals surface area contributed by atoms with Crippen LogP contribution in [0.1, 0.15) is 33.1 Å². The first-order valence-electron chi connectivity index (χ1n) is 10.2. The molecule has 0 aliphatic heterocycles. The number of alkyl carbamates (subject to hydrolysis) is 2. The molecule has 0 unspecified atom stereocenters. The number of hydrogen-bond acceptors (Lipinski definition) is 9. The lowest BCUT2D eigenvalue weighted by molar-refractivity contribution is -0.139. The standard InChI is InChI=1S/C21H34N2O8S/c1-15(2)18(24)28-10-8-22-20(26)30-13-17(7-5-6-12-32)14-31-21(27)23-9-11-29-19(25)16(3)4/h17,32H,1,3,5-14H2,2,4H3,(H,22,26)(H,23,27). The van der Waals surface area contributed by atoms with Crippen molar-refractivity contribution in [3.8, 4) is 0 Å². The lowest BCUT2D eigenvalue weighted by atomic mass is 10.0. The summed E-state index contributed by atoms with van der Waals surface area (Å²) in [5.41, 5.74) is 0.544. The van der Waals surface area contributed by atoms with Crippen molar-refractivity contribution in [3.05, 3.63) is 24.3 Å². The summed E-state index contributed by atoms with van der Waals surface area (Å²) in [4.78, 5) is 46.1. The molecule has 0 saturated carbocycles. The van der Waals surface area contributed by atoms with Crippen LogP contribution in [0.3, 0.4) is 0 Å². The monoisotopic (exact) mass is 474 g/mol. The second kappa shape index (κ2) is 17.9. The summed E-state index contributed by atoms with van der Waals surface area (Å²) >= 11 is 4.17. The highest BCUT2D eigenvalue weighted by Crippen LogP contribution is 2.11. The van der Waals surface area contributed by atoms with Crippen LogP contribution < -0.4 is 10.6 Å². The smallest absolute Gasteiger partial charge is 0.407 e. The average molecular weight is 475 g/mol. The molecule has 2 amide bonds. The summed E-state index contributed by atoms with van der Waals surface area (Å²) in [6.45, 7) is 10.2. The number of unbranched alkanes of at least 4 members (excludes halogenated alkanes) is 1. The van der Waals surface area contributed by atoms with Crippen molar-refractivity contribution in [1.29, 1.82) is 0 Å². The Morgan fingerprint density at radius 1 is 0.781 bits per heavy atom. The first-order valence-corrected chi connectivity index (χ1v) is 10.9. The van der Waals surface area contributed by atoms with Crippen molar-refractivity contribution in [2.45, 2.75) is 33.1 Å². The van der Waals surface area contributed by atoms with Gasteiger partial charge in [-0.25, -0.2) is 19.2 Å². The Labute approximate surface area is 194 Å². The Balaban J connectivity index is 4.21. The van der Waals surface area contributed by atoms with Crippen LogP contribution in [-0.2, 0) is 28.5 Å². The third-order valence-corrected chi connectivity index (χ3v) is 4.14. The van der Waals surface area contributed by atoms with Gasteiger partial charge in [-0.3, -0.25) is 0 Å². The van der Waals surface area contributed by atoms with Crippen LogP contribution >= 0.6 is 12.6 Å². The minimum absolute atomic E-state index is 0.00285. The minimum Gasteiger partial charge on any atom is -0.460 e. The largest absolute Gasteiger partial charge is 0.460 e. The van der Waals surface area contributed by atoms with Crippen LogP contribution in [0.25, 0.3) is 0 Å². The molecule has 0 aromatic carbocycles. The zero-order valence-corrected chi connectivity index (χ0v) is 19.7. The van der Waals surface area contributed by atoms with Crippen molar-refractivity contribution < 1.29 is 38.1 Å². The maximum absolute atomic E-state index is 11.8. The molecule has 0 radical (unpaired) electrons. The number of carbonyl (C=O) groups excluding carboxylic acids is 4. The van der Waals surface area contributed by atoms with E-state index in [2.05, 4.69) is 36.4 Å². The van der Waals surface area contributed by atoms with Crippen molar-refractivity contribution in [2.75, 3.05) is 45.3 Å². The number of nitrogens with one attached hydrogen (secondary N) is 2. The summed E-state index contributed by atoms with van der Waals surface area (Å²) in [6.07, 6.45) is 1.05. The zero-order chi connectivity index (χ0) is 24.4. The van der Waals surface area contributed by atoms with Crippen LogP contribution in [0.4, 0.5) is 9.59 Å². The van der Waals surface area contributed by atoms with Gasteiger partial charge in [-0.1, -0.05) is 19.6 Å². The van der Waals surface area contributed by atoms with Gasteiger partial charge in [0.15, 0.2) is 0 Å². The van der Waals surface area contributed by atoms with Gasteiger partial charge in [-0.05, 0) is 32.4 Å². The van der Waals surface area contributed by atoms with Crippen LogP contribution in [-0.4, -0.2) is 69.4 Å². The number of amides is 2. The Kier molecular flexibility index (Phi) is 16.4. The molecule has 10 nitrogen and oxygen atoms in total. The van der Waals surface area contributed by atoms with Gasteiger partial charge in [0.1, 0.15) is 13.2 Å². The van der Waals surface area contributed by atoms with E-state index in [0.717, 1.165) is 18.6 Å². The van der Waals surface area contributed by atoms with Crippen molar-refractivity contribution in [3.63, 3.8) is 0 Å². The number of rotatable bonds is 16. The summed E-state index contributed by atoms with van der Waals surface area (Å²) in [5, 5.41) is 4.94. The molecule has 0 aliphatic carbocycles. The van der Waals surface area contributed by atoms with E-state index in [4.69, 9.17) is 18.9 Å². The average Bonchev–Trinajstić information content (AvgIpc) is 2.75. The molecule has 0 aliphatic rings. The van der Waals surface area contributed by atoms with E-state index in [9.17, 15) is 19.2 Å². The molecular formula is C21H34N2O8S. The fourth-order valence-electron chi connectivity index (χ4n) is 2.09. The van der Waals surface area contributed by atoms with Gasteiger partial charge in [0, 0.05) is 17.1 Å². The number of esters is 2. The maximum Gasteiger partial charge on any atom is 0.407 e. The van der Waals surface area contributed by atoms with Gasteiger partial charge in [0.2, 0.25) is 0 Å². The van der Waals surface area contributed by atoms with Crippen molar-refractivity contribution in [2.24, 2.45) is 5.92 Å². The van der Waals surface area contributed by atoms with Gasteiger partial charge < -0.3 is 29.6 Å². The van der Waals surface area contributed by atoms with E-state index in [1.807, 2.05) is 0 Å². The van der Waals surface area contributed by atoms with E-state index in [-0.39, 0.29) is 56.6 Å². The number of hydrogen-bond donors (Lipinski definition) is 3. The van der Waals surface area contributed by atoms with Gasteiger partial charge in [0.25, 0.3) is 0 Å². The fourth-order valence-corrected chi connectivity index (χ4v) is 2.31. The summed E-state index contributed by atoms with van der Waals surface area (Å²) in [6, 6.07) is 0. The second-order valence-corrected chi connectivity index (χ2v) is 7.42. The molecule has 0 atom stereocenters. The Morgan fingerprint density at radius 2 is 1.22 bits per heavy atom. The first kappa shape index (κ1) is 29.3. The molecule has 0 aromatic heterocycles. The molecule has 0 fully saturated rings. The summed E-state index contributed by atoms with van der Waals surface area (Å²) in [7, 11) is 0. The normalized spacial score (nSPS) is 10.1. The highest BCUT2D eigenvalue weighted by Gasteiger charge is 2.15. The Morgan fingerprint density at radius 3 is 1.59 bits per heavy atom. The fraction of sp³-hybridized carbons (Fsp3) is 0.619. The van der Waals surface area contributed by atoms with E-state index < -0.39 is 24.1 Å². The molecule has 0 saturated heterocycles. The molecule has 0 bridgehead atoms. The third kappa shape index (κ3) is 16.1. The SMILES string of the molecule is C=C(C)C(=O)OCCNC(=O)OCC(CCCCS)COC(=O)NCCOC(=O)C(=C)C. The predicted molar refractivity (Wildman–Crippen MR) is 121 cm³/mol. The van der Waals surface area contributed by atoms with Crippen LogP contribution in [0, 0.1) is 5.92 Å². The minimum atomic E-state index is -0.667. The van der Waals surface area contributed by atoms with Crippen molar-refractivity contribution >= 4 is 36.8 Å². The highest BCUT2D eigenvalue weighted by atomic mass is 32.1. The number of carbonyl (C=O) groups is 4. The molecule has 0 rings (SSSR count). The van der Waals surface area contributed by atoms with Crippen LogP contribution in [0.5, 0.6) is 0 Å². The molecule has 32 heavy (non-hydrogen) atoms. The molecule has 0 spiro atoms. The van der Waals surface area contributed by atoms with Gasteiger partial charge in [-0.2, -0.15) is 12.6 Å². The van der Waals surface area contributed by atoms with E-state index in [1.165, 1.54) is 13.8 Å². The van der Waals surface area contributed by atoms with Crippen molar-refractivity contribution in [1.82, 2.24) is 10.6 Å². The van der Waals surface area contributed by atoms with E-state index >= 15 is 0 Å². The van der Waals surface area contributed by atoms with Crippen LogP contribution in [0.2, 0.25) is 0 Å². The summed E-state index contributed by atoms with van der Waals surface area (Å²) < 4.78 is 20.1. The number of thiol groups is 1. The van der Waals surface area contributed by atoms with E-state index in [1.54, 1.807) is 0 Å². The predicted octanol–water partition coefficient (Wildman–Crippen LogP) is 2.39. The molecule has 0 aromatic rings. The number of ether oxygens (including phenoxy) is 4. The van der Waals surface area contributed by atoms with Crippen LogP contribution in [0.15, 0.2) is 24.3 Å². The van der Waals surface area contributed by atoms with Gasteiger partial charge >= 0.3 is 24.1 Å². The zero-order valence-electron chi connectivity index (χ0n) is 18.8. The Hall–Kier alpha value is -2.69. The molecular weight excluding hydrogens is 440 g/mol. The molecule has 182 valence electrons. The lowest BCUT2D eigenvalue weighted by Gasteiger charge is -2.17. The topological polar surface area (TPSA) is 129 Å². The maximum atomic E-state index is 11.8. The van der Waals surface area contributed by atoms with E-state index in [0.29, 0.717) is 6.42 Å². The summed E-state index contributed by atoms with van der Waals surface area (Å²) in [5.74, 6) is -0.544. The quantitative estimate of drug-likeness (QED) is 0.102.